The third-order valence-electron chi connectivity index (χ3n) is 4.01. The Kier molecular flexibility index (Phi) is 6.15. The lowest BCUT2D eigenvalue weighted by atomic mass is 10.1. The van der Waals surface area contributed by atoms with Crippen molar-refractivity contribution >= 4 is 15.7 Å². The Labute approximate surface area is 138 Å². The Morgan fingerprint density at radius 2 is 1.78 bits per heavy atom. The normalized spacial score (nSPS) is 17.1. The lowest BCUT2D eigenvalue weighted by Gasteiger charge is -2.24. The SMILES string of the molecule is CC(C)n1cc(CS(=O)(=O)CC(=O)N2CCCCCCC2)nn1. The first kappa shape index (κ1) is 17.9. The molecule has 23 heavy (non-hydrogen) atoms. The van der Waals surface area contributed by atoms with Gasteiger partial charge in [-0.25, -0.2) is 13.1 Å². The van der Waals surface area contributed by atoms with Crippen molar-refractivity contribution in [2.24, 2.45) is 0 Å². The van der Waals surface area contributed by atoms with Gasteiger partial charge in [0, 0.05) is 25.3 Å². The monoisotopic (exact) mass is 342 g/mol. The highest BCUT2D eigenvalue weighted by molar-refractivity contribution is 7.91. The molecule has 130 valence electrons. The predicted molar refractivity (Wildman–Crippen MR) is 87.6 cm³/mol. The number of carbonyl (C=O) groups is 1. The minimum atomic E-state index is -3.52. The zero-order valence-electron chi connectivity index (χ0n) is 13.9. The van der Waals surface area contributed by atoms with E-state index in [2.05, 4.69) is 10.3 Å². The maximum absolute atomic E-state index is 12.3. The van der Waals surface area contributed by atoms with Crippen LogP contribution in [-0.4, -0.2) is 53.1 Å². The van der Waals surface area contributed by atoms with E-state index >= 15 is 0 Å². The Morgan fingerprint density at radius 1 is 1.17 bits per heavy atom. The molecule has 0 spiro atoms. The summed E-state index contributed by atoms with van der Waals surface area (Å²) < 4.78 is 26.1. The first-order valence-electron chi connectivity index (χ1n) is 8.26. The van der Waals surface area contributed by atoms with Gasteiger partial charge in [0.25, 0.3) is 0 Å². The number of nitrogens with zero attached hydrogens (tertiary/aromatic N) is 4. The van der Waals surface area contributed by atoms with Crippen LogP contribution >= 0.6 is 0 Å². The van der Waals surface area contributed by atoms with Crippen molar-refractivity contribution in [3.8, 4) is 0 Å². The number of likely N-dealkylation sites (tertiary alicyclic amines) is 1. The third kappa shape index (κ3) is 5.60. The van der Waals surface area contributed by atoms with Crippen LogP contribution in [0, 0.1) is 0 Å². The molecule has 0 aromatic carbocycles. The van der Waals surface area contributed by atoms with Gasteiger partial charge in [-0.15, -0.1) is 5.10 Å². The molecule has 2 heterocycles. The Hall–Kier alpha value is -1.44. The van der Waals surface area contributed by atoms with Gasteiger partial charge in [-0.05, 0) is 26.7 Å². The molecule has 1 aliphatic rings. The molecule has 0 unspecified atom stereocenters. The van der Waals surface area contributed by atoms with E-state index in [1.54, 1.807) is 15.8 Å². The van der Waals surface area contributed by atoms with Crippen LogP contribution in [0.25, 0.3) is 0 Å². The molecular weight excluding hydrogens is 316 g/mol. The van der Waals surface area contributed by atoms with Crippen LogP contribution in [0.15, 0.2) is 6.20 Å². The third-order valence-corrected chi connectivity index (χ3v) is 5.43. The van der Waals surface area contributed by atoms with E-state index in [9.17, 15) is 13.2 Å². The number of hydrogen-bond donors (Lipinski definition) is 0. The number of aromatic nitrogens is 3. The molecule has 1 saturated heterocycles. The second-order valence-electron chi connectivity index (χ2n) is 6.46. The number of sulfone groups is 1. The molecule has 0 atom stereocenters. The molecule has 0 N–H and O–H groups in total. The fraction of sp³-hybridized carbons (Fsp3) is 0.800. The molecule has 0 bridgehead atoms. The Balaban J connectivity index is 1.94. The van der Waals surface area contributed by atoms with Crippen LogP contribution in [0.1, 0.15) is 57.7 Å². The summed E-state index contributed by atoms with van der Waals surface area (Å²) in [6.07, 6.45) is 6.95. The highest BCUT2D eigenvalue weighted by Crippen LogP contribution is 2.12. The van der Waals surface area contributed by atoms with Gasteiger partial charge in [0.05, 0.1) is 11.4 Å². The summed E-state index contributed by atoms with van der Waals surface area (Å²) in [6, 6.07) is 0.127. The predicted octanol–water partition coefficient (Wildman–Crippen LogP) is 1.57. The van der Waals surface area contributed by atoms with Gasteiger partial charge < -0.3 is 4.90 Å². The van der Waals surface area contributed by atoms with Crippen LogP contribution in [0.5, 0.6) is 0 Å². The summed E-state index contributed by atoms with van der Waals surface area (Å²) in [5.41, 5.74) is 0.388. The Morgan fingerprint density at radius 3 is 2.35 bits per heavy atom. The molecule has 1 aliphatic heterocycles. The smallest absolute Gasteiger partial charge is 0.237 e. The molecule has 1 amide bonds. The quantitative estimate of drug-likeness (QED) is 0.811. The van der Waals surface area contributed by atoms with Crippen LogP contribution in [0.2, 0.25) is 0 Å². The van der Waals surface area contributed by atoms with E-state index in [0.29, 0.717) is 18.8 Å². The number of rotatable bonds is 5. The van der Waals surface area contributed by atoms with Gasteiger partial charge in [0.15, 0.2) is 9.84 Å². The molecule has 1 aromatic rings. The molecule has 0 saturated carbocycles. The summed E-state index contributed by atoms with van der Waals surface area (Å²) in [4.78, 5) is 14.0. The second kappa shape index (κ2) is 7.90. The molecule has 1 aromatic heterocycles. The molecule has 7 nitrogen and oxygen atoms in total. The molecule has 0 aliphatic carbocycles. The lowest BCUT2D eigenvalue weighted by molar-refractivity contribution is -0.128. The van der Waals surface area contributed by atoms with Crippen molar-refractivity contribution in [3.63, 3.8) is 0 Å². The number of hydrogen-bond acceptors (Lipinski definition) is 5. The lowest BCUT2D eigenvalue weighted by Crippen LogP contribution is -2.38. The van der Waals surface area contributed by atoms with Gasteiger partial charge in [-0.3, -0.25) is 4.79 Å². The highest BCUT2D eigenvalue weighted by atomic mass is 32.2. The van der Waals surface area contributed by atoms with Crippen molar-refractivity contribution in [1.82, 2.24) is 19.9 Å². The molecule has 1 fully saturated rings. The van der Waals surface area contributed by atoms with Gasteiger partial charge in [-0.2, -0.15) is 0 Å². The highest BCUT2D eigenvalue weighted by Gasteiger charge is 2.23. The summed E-state index contributed by atoms with van der Waals surface area (Å²) in [5.74, 6) is -0.968. The summed E-state index contributed by atoms with van der Waals surface area (Å²) in [5, 5.41) is 7.78. The maximum Gasteiger partial charge on any atom is 0.237 e. The van der Waals surface area contributed by atoms with Crippen LogP contribution in [0.4, 0.5) is 0 Å². The summed E-state index contributed by atoms with van der Waals surface area (Å²) >= 11 is 0. The van der Waals surface area contributed by atoms with Gasteiger partial charge in [-0.1, -0.05) is 24.5 Å². The van der Waals surface area contributed by atoms with Crippen LogP contribution in [-0.2, 0) is 20.4 Å². The molecule has 0 radical (unpaired) electrons. The largest absolute Gasteiger partial charge is 0.342 e. The average Bonchev–Trinajstić information content (AvgIpc) is 2.85. The van der Waals surface area contributed by atoms with Gasteiger partial charge >= 0.3 is 0 Å². The second-order valence-corrected chi connectivity index (χ2v) is 8.53. The van der Waals surface area contributed by atoms with Gasteiger partial charge in [0.1, 0.15) is 5.75 Å². The van der Waals surface area contributed by atoms with E-state index in [0.717, 1.165) is 25.7 Å². The first-order chi connectivity index (χ1) is 10.9. The summed E-state index contributed by atoms with van der Waals surface area (Å²) in [6.45, 7) is 5.21. The van der Waals surface area contributed by atoms with Crippen LogP contribution < -0.4 is 0 Å². The minimum Gasteiger partial charge on any atom is -0.342 e. The minimum absolute atomic E-state index is 0.127. The maximum atomic E-state index is 12.3. The molecular formula is C15H26N4O3S. The van der Waals surface area contributed by atoms with E-state index < -0.39 is 15.6 Å². The summed E-state index contributed by atoms with van der Waals surface area (Å²) in [7, 11) is -3.52. The zero-order valence-corrected chi connectivity index (χ0v) is 14.8. The van der Waals surface area contributed by atoms with Gasteiger partial charge in [0.2, 0.25) is 5.91 Å². The van der Waals surface area contributed by atoms with Crippen molar-refractivity contribution in [3.05, 3.63) is 11.9 Å². The van der Waals surface area contributed by atoms with Crippen molar-refractivity contribution in [2.45, 2.75) is 57.7 Å². The molecule has 8 heteroatoms. The van der Waals surface area contributed by atoms with E-state index in [-0.39, 0.29) is 17.7 Å². The number of carbonyl (C=O) groups excluding carboxylic acids is 1. The average molecular weight is 342 g/mol. The van der Waals surface area contributed by atoms with E-state index in [1.165, 1.54) is 6.42 Å². The standard InChI is InChI=1S/C15H26N4O3S/c1-13(2)19-10-14(16-17-19)11-23(21,22)12-15(20)18-8-6-4-3-5-7-9-18/h10,13H,3-9,11-12H2,1-2H3. The molecule has 2 rings (SSSR count). The fourth-order valence-corrected chi connectivity index (χ4v) is 3.93. The topological polar surface area (TPSA) is 85.2 Å². The first-order valence-corrected chi connectivity index (χ1v) is 10.1. The van der Waals surface area contributed by atoms with E-state index in [1.807, 2.05) is 13.8 Å². The fourth-order valence-electron chi connectivity index (χ4n) is 2.68. The Bertz CT molecular complexity index is 616. The van der Waals surface area contributed by atoms with Crippen LogP contribution in [0.3, 0.4) is 0 Å². The van der Waals surface area contributed by atoms with E-state index in [4.69, 9.17) is 0 Å². The zero-order chi connectivity index (χ0) is 16.9. The van der Waals surface area contributed by atoms with Crippen molar-refractivity contribution in [1.29, 1.82) is 0 Å². The number of amides is 1. The van der Waals surface area contributed by atoms with Crippen molar-refractivity contribution in [2.75, 3.05) is 18.8 Å². The van der Waals surface area contributed by atoms with Crippen molar-refractivity contribution < 1.29 is 13.2 Å².